The molecule has 0 saturated carbocycles. The summed E-state index contributed by atoms with van der Waals surface area (Å²) >= 11 is 6.73. The number of nitrogens with one attached hydrogen (secondary N) is 1. The summed E-state index contributed by atoms with van der Waals surface area (Å²) in [5.74, 6) is 1.29. The molecule has 1 heterocycles. The second-order valence-corrected chi connectivity index (χ2v) is 7.69. The van der Waals surface area contributed by atoms with Gasteiger partial charge in [-0.25, -0.2) is 0 Å². The molecule has 1 aromatic rings. The van der Waals surface area contributed by atoms with Gasteiger partial charge in [0.15, 0.2) is 0 Å². The molecule has 1 saturated heterocycles. The summed E-state index contributed by atoms with van der Waals surface area (Å²) in [5.41, 5.74) is 0.621. The molecule has 18 heavy (non-hydrogen) atoms. The smallest absolute Gasteiger partial charge is 0.252 e. The van der Waals surface area contributed by atoms with E-state index in [1.165, 1.54) is 0 Å². The number of carbonyl (C=O) groups excluding carboxylic acids is 1. The van der Waals surface area contributed by atoms with E-state index < -0.39 is 10.8 Å². The molecule has 2 rings (SSSR count). The molecular weight excluding hydrogens is 382 g/mol. The van der Waals surface area contributed by atoms with Gasteiger partial charge in [-0.1, -0.05) is 15.9 Å². The van der Waals surface area contributed by atoms with Crippen LogP contribution in [0.3, 0.4) is 0 Å². The van der Waals surface area contributed by atoms with Gasteiger partial charge in [-0.3, -0.25) is 9.00 Å². The van der Waals surface area contributed by atoms with Crippen molar-refractivity contribution in [3.8, 4) is 0 Å². The number of hydrogen-bond donors (Lipinski definition) is 1. The van der Waals surface area contributed by atoms with Crippen LogP contribution < -0.4 is 5.32 Å². The van der Waals surface area contributed by atoms with Gasteiger partial charge in [0.2, 0.25) is 0 Å². The molecule has 1 aliphatic heterocycles. The third-order valence-corrected chi connectivity index (χ3v) is 5.46. The summed E-state index contributed by atoms with van der Waals surface area (Å²) < 4.78 is 12.9. The lowest BCUT2D eigenvalue weighted by molar-refractivity contribution is 0.0933. The van der Waals surface area contributed by atoms with Crippen LogP contribution in [-0.2, 0) is 10.8 Å². The monoisotopic (exact) mass is 393 g/mol. The predicted molar refractivity (Wildman–Crippen MR) is 80.2 cm³/mol. The first kappa shape index (κ1) is 14.2. The van der Waals surface area contributed by atoms with Crippen molar-refractivity contribution < 1.29 is 9.00 Å². The van der Waals surface area contributed by atoms with Crippen molar-refractivity contribution in [1.29, 1.82) is 0 Å². The molecule has 1 N–H and O–H groups in total. The summed E-state index contributed by atoms with van der Waals surface area (Å²) in [7, 11) is -0.696. The topological polar surface area (TPSA) is 46.2 Å². The summed E-state index contributed by atoms with van der Waals surface area (Å²) in [4.78, 5) is 12.1. The largest absolute Gasteiger partial charge is 0.349 e. The fourth-order valence-electron chi connectivity index (χ4n) is 1.87. The maximum Gasteiger partial charge on any atom is 0.252 e. The van der Waals surface area contributed by atoms with E-state index in [0.29, 0.717) is 17.1 Å². The normalized spacial score (nSPS) is 23.7. The Labute approximate surface area is 125 Å². The van der Waals surface area contributed by atoms with Crippen LogP contribution in [0.25, 0.3) is 0 Å². The third kappa shape index (κ3) is 3.65. The standard InChI is InChI=1S/C12H13Br2NO2S/c13-8-1-2-11(14)10(7-8)12(16)15-9-3-5-18(17)6-4-9/h1-2,7,9H,3-6H2,(H,15,16). The maximum absolute atomic E-state index is 12.1. The number of benzene rings is 1. The van der Waals surface area contributed by atoms with E-state index in [1.54, 1.807) is 6.07 Å². The molecule has 3 nitrogen and oxygen atoms in total. The molecular formula is C12H13Br2NO2S. The predicted octanol–water partition coefficient (Wildman–Crippen LogP) is 2.85. The molecule has 0 aromatic heterocycles. The highest BCUT2D eigenvalue weighted by atomic mass is 79.9. The maximum atomic E-state index is 12.1. The van der Waals surface area contributed by atoms with Gasteiger partial charge < -0.3 is 5.32 Å². The van der Waals surface area contributed by atoms with Crippen LogP contribution in [0.2, 0.25) is 0 Å². The Morgan fingerprint density at radius 3 is 2.61 bits per heavy atom. The quantitative estimate of drug-likeness (QED) is 0.838. The zero-order valence-corrected chi connectivity index (χ0v) is 13.6. The number of halogens is 2. The number of hydrogen-bond acceptors (Lipinski definition) is 2. The molecule has 6 heteroatoms. The van der Waals surface area contributed by atoms with E-state index >= 15 is 0 Å². The average Bonchev–Trinajstić information content (AvgIpc) is 2.35. The van der Waals surface area contributed by atoms with Gasteiger partial charge in [0.05, 0.1) is 5.56 Å². The van der Waals surface area contributed by atoms with Crippen molar-refractivity contribution in [2.24, 2.45) is 0 Å². The Morgan fingerprint density at radius 2 is 1.94 bits per heavy atom. The van der Waals surface area contributed by atoms with E-state index in [4.69, 9.17) is 0 Å². The van der Waals surface area contributed by atoms with E-state index in [-0.39, 0.29) is 11.9 Å². The Hall–Kier alpha value is -0.200. The van der Waals surface area contributed by atoms with Crippen LogP contribution in [0.1, 0.15) is 23.2 Å². The SMILES string of the molecule is O=C(NC1CCS(=O)CC1)c1cc(Br)ccc1Br. The minimum Gasteiger partial charge on any atom is -0.349 e. The molecule has 0 unspecified atom stereocenters. The lowest BCUT2D eigenvalue weighted by atomic mass is 10.1. The van der Waals surface area contributed by atoms with Crippen molar-refractivity contribution >= 4 is 48.6 Å². The van der Waals surface area contributed by atoms with Crippen LogP contribution in [0.4, 0.5) is 0 Å². The van der Waals surface area contributed by atoms with E-state index in [0.717, 1.165) is 21.8 Å². The molecule has 0 radical (unpaired) electrons. The van der Waals surface area contributed by atoms with E-state index in [9.17, 15) is 9.00 Å². The molecule has 1 aromatic carbocycles. The first-order valence-electron chi connectivity index (χ1n) is 5.67. The minimum absolute atomic E-state index is 0.0825. The first-order valence-corrected chi connectivity index (χ1v) is 8.74. The van der Waals surface area contributed by atoms with Crippen molar-refractivity contribution in [2.75, 3.05) is 11.5 Å². The Morgan fingerprint density at radius 1 is 1.28 bits per heavy atom. The molecule has 1 fully saturated rings. The van der Waals surface area contributed by atoms with Gasteiger partial charge >= 0.3 is 0 Å². The lowest BCUT2D eigenvalue weighted by Crippen LogP contribution is -2.39. The third-order valence-electron chi connectivity index (χ3n) is 2.90. The molecule has 1 amide bonds. The second kappa shape index (κ2) is 6.30. The summed E-state index contributed by atoms with van der Waals surface area (Å²) in [6.07, 6.45) is 1.59. The van der Waals surface area contributed by atoms with Gasteiger partial charge in [0, 0.05) is 37.3 Å². The molecule has 0 bridgehead atoms. The van der Waals surface area contributed by atoms with Gasteiger partial charge in [-0.2, -0.15) is 0 Å². The van der Waals surface area contributed by atoms with Gasteiger partial charge in [-0.15, -0.1) is 0 Å². The minimum atomic E-state index is -0.696. The van der Waals surface area contributed by atoms with Crippen molar-refractivity contribution in [2.45, 2.75) is 18.9 Å². The van der Waals surface area contributed by atoms with Crippen LogP contribution in [0.15, 0.2) is 27.1 Å². The summed E-state index contributed by atoms with van der Waals surface area (Å²) in [6, 6.07) is 5.65. The highest BCUT2D eigenvalue weighted by molar-refractivity contribution is 9.11. The van der Waals surface area contributed by atoms with Crippen LogP contribution in [0, 0.1) is 0 Å². The molecule has 1 aliphatic rings. The second-order valence-electron chi connectivity index (χ2n) is 4.22. The number of carbonyl (C=O) groups is 1. The van der Waals surface area contributed by atoms with Gasteiger partial charge in [0.25, 0.3) is 5.91 Å². The fraction of sp³-hybridized carbons (Fsp3) is 0.417. The number of amides is 1. The average molecular weight is 395 g/mol. The molecule has 0 spiro atoms. The summed E-state index contributed by atoms with van der Waals surface area (Å²) in [5, 5.41) is 3.00. The Balaban J connectivity index is 2.03. The van der Waals surface area contributed by atoms with Crippen molar-refractivity contribution in [3.05, 3.63) is 32.7 Å². The lowest BCUT2D eigenvalue weighted by Gasteiger charge is -2.22. The highest BCUT2D eigenvalue weighted by Crippen LogP contribution is 2.22. The summed E-state index contributed by atoms with van der Waals surface area (Å²) in [6.45, 7) is 0. The van der Waals surface area contributed by atoms with Crippen molar-refractivity contribution in [1.82, 2.24) is 5.32 Å². The Kier molecular flexibility index (Phi) is 4.98. The fourth-order valence-corrected chi connectivity index (χ4v) is 3.96. The highest BCUT2D eigenvalue weighted by Gasteiger charge is 2.21. The molecule has 98 valence electrons. The van der Waals surface area contributed by atoms with Crippen LogP contribution in [-0.4, -0.2) is 27.7 Å². The van der Waals surface area contributed by atoms with Crippen LogP contribution in [0.5, 0.6) is 0 Å². The first-order chi connectivity index (χ1) is 8.56. The molecule has 0 aliphatic carbocycles. The van der Waals surface area contributed by atoms with Gasteiger partial charge in [0.1, 0.15) is 0 Å². The molecule has 0 atom stereocenters. The van der Waals surface area contributed by atoms with Crippen LogP contribution >= 0.6 is 31.9 Å². The zero-order valence-electron chi connectivity index (χ0n) is 9.62. The van der Waals surface area contributed by atoms with Gasteiger partial charge in [-0.05, 0) is 47.0 Å². The van der Waals surface area contributed by atoms with Crippen molar-refractivity contribution in [3.63, 3.8) is 0 Å². The Bertz CT molecular complexity index is 483. The van der Waals surface area contributed by atoms with E-state index in [2.05, 4.69) is 37.2 Å². The zero-order chi connectivity index (χ0) is 13.1. The van der Waals surface area contributed by atoms with E-state index in [1.807, 2.05) is 12.1 Å². The number of rotatable bonds is 2.